The van der Waals surface area contributed by atoms with Crippen LogP contribution in [0.5, 0.6) is 5.75 Å². The monoisotopic (exact) mass is 410 g/mol. The van der Waals surface area contributed by atoms with E-state index >= 15 is 0 Å². The van der Waals surface area contributed by atoms with Crippen LogP contribution in [0.25, 0.3) is 22.2 Å². The Kier molecular flexibility index (Phi) is 4.68. The summed E-state index contributed by atoms with van der Waals surface area (Å²) in [5, 5.41) is 8.21. The first-order valence-electron chi connectivity index (χ1n) is 10.0. The van der Waals surface area contributed by atoms with Crippen LogP contribution in [-0.2, 0) is 11.2 Å². The zero-order valence-electron chi connectivity index (χ0n) is 16.2. The Morgan fingerprint density at radius 1 is 1.31 bits per heavy atom. The van der Waals surface area contributed by atoms with E-state index in [9.17, 15) is 4.79 Å². The summed E-state index contributed by atoms with van der Waals surface area (Å²) in [5.74, 6) is 0.686. The molecule has 7 heteroatoms. The van der Waals surface area contributed by atoms with Crippen molar-refractivity contribution in [3.8, 4) is 16.9 Å². The molecule has 2 aliphatic rings. The van der Waals surface area contributed by atoms with Crippen molar-refractivity contribution < 1.29 is 9.53 Å². The zero-order chi connectivity index (χ0) is 20.0. The number of hydrogen-bond acceptors (Lipinski definition) is 4. The fourth-order valence-electron chi connectivity index (χ4n) is 4.42. The summed E-state index contributed by atoms with van der Waals surface area (Å²) in [6, 6.07) is 8.34. The summed E-state index contributed by atoms with van der Waals surface area (Å²) in [5.41, 5.74) is 3.66. The van der Waals surface area contributed by atoms with Crippen LogP contribution in [0, 0.1) is 0 Å². The Labute approximate surface area is 174 Å². The Morgan fingerprint density at radius 2 is 2.21 bits per heavy atom. The minimum atomic E-state index is -0.532. The van der Waals surface area contributed by atoms with Gasteiger partial charge >= 0.3 is 0 Å². The molecule has 0 spiro atoms. The summed E-state index contributed by atoms with van der Waals surface area (Å²) >= 11 is 6.42. The second-order valence-electron chi connectivity index (χ2n) is 7.94. The van der Waals surface area contributed by atoms with Gasteiger partial charge in [-0.1, -0.05) is 11.6 Å². The lowest BCUT2D eigenvalue weighted by Gasteiger charge is -2.29. The van der Waals surface area contributed by atoms with Crippen LogP contribution < -0.4 is 15.4 Å². The maximum Gasteiger partial charge on any atom is 0.261 e. The van der Waals surface area contributed by atoms with Crippen LogP contribution in [0.3, 0.4) is 0 Å². The number of halogens is 1. The number of H-pyrrole nitrogens is 1. The van der Waals surface area contributed by atoms with Gasteiger partial charge in [-0.15, -0.1) is 0 Å². The maximum atomic E-state index is 12.9. The van der Waals surface area contributed by atoms with Gasteiger partial charge in [0, 0.05) is 52.4 Å². The quantitative estimate of drug-likeness (QED) is 0.618. The van der Waals surface area contributed by atoms with Crippen LogP contribution >= 0.6 is 11.6 Å². The number of rotatable bonds is 3. The van der Waals surface area contributed by atoms with Gasteiger partial charge in [0.25, 0.3) is 5.91 Å². The molecule has 6 nitrogen and oxygen atoms in total. The minimum Gasteiger partial charge on any atom is -0.479 e. The average molecular weight is 411 g/mol. The van der Waals surface area contributed by atoms with Gasteiger partial charge in [0.15, 0.2) is 6.10 Å². The van der Waals surface area contributed by atoms with Gasteiger partial charge in [-0.2, -0.15) is 0 Å². The lowest BCUT2D eigenvalue weighted by Crippen LogP contribution is -2.49. The SMILES string of the molecule is C[C@H]1C[C@H](NC(=O)C2Cc3cc(Cl)cc(-c4ccnc5[nH]ccc45)c3O2)CCN1. The molecule has 3 atom stereocenters. The molecule has 1 fully saturated rings. The first kappa shape index (κ1) is 18.5. The molecule has 1 saturated heterocycles. The van der Waals surface area contributed by atoms with E-state index in [0.717, 1.165) is 52.9 Å². The molecular weight excluding hydrogens is 388 g/mol. The molecule has 5 rings (SSSR count). The molecule has 0 radical (unpaired) electrons. The predicted molar refractivity (Wildman–Crippen MR) is 113 cm³/mol. The van der Waals surface area contributed by atoms with Gasteiger partial charge < -0.3 is 20.4 Å². The number of carbonyl (C=O) groups is 1. The number of ether oxygens (including phenoxy) is 1. The molecule has 1 amide bonds. The van der Waals surface area contributed by atoms with Crippen molar-refractivity contribution in [2.45, 2.75) is 44.4 Å². The molecule has 4 heterocycles. The normalized spacial score (nSPS) is 23.6. The number of carbonyl (C=O) groups excluding carboxylic acids is 1. The van der Waals surface area contributed by atoms with Crippen LogP contribution in [0.2, 0.25) is 5.02 Å². The first-order chi connectivity index (χ1) is 14.1. The van der Waals surface area contributed by atoms with E-state index in [0.29, 0.717) is 17.5 Å². The number of amides is 1. The molecule has 2 aromatic heterocycles. The summed E-state index contributed by atoms with van der Waals surface area (Å²) < 4.78 is 6.19. The third-order valence-corrected chi connectivity index (χ3v) is 6.03. The number of aromatic amines is 1. The smallest absolute Gasteiger partial charge is 0.261 e. The van der Waals surface area contributed by atoms with Crippen molar-refractivity contribution in [1.82, 2.24) is 20.6 Å². The van der Waals surface area contributed by atoms with Gasteiger partial charge in [0.1, 0.15) is 11.4 Å². The lowest BCUT2D eigenvalue weighted by molar-refractivity contribution is -0.128. The Hall–Kier alpha value is -2.57. The van der Waals surface area contributed by atoms with Gasteiger partial charge in [0.2, 0.25) is 0 Å². The number of nitrogens with zero attached hydrogens (tertiary/aromatic N) is 1. The second-order valence-corrected chi connectivity index (χ2v) is 8.37. The highest BCUT2D eigenvalue weighted by Crippen LogP contribution is 2.43. The lowest BCUT2D eigenvalue weighted by atomic mass is 9.98. The highest BCUT2D eigenvalue weighted by molar-refractivity contribution is 6.31. The van der Waals surface area contributed by atoms with E-state index in [1.54, 1.807) is 6.20 Å². The van der Waals surface area contributed by atoms with Crippen molar-refractivity contribution in [1.29, 1.82) is 0 Å². The summed E-state index contributed by atoms with van der Waals surface area (Å²) in [4.78, 5) is 20.4. The molecule has 150 valence electrons. The number of benzene rings is 1. The number of fused-ring (bicyclic) bond motifs is 2. The van der Waals surface area contributed by atoms with E-state index < -0.39 is 6.10 Å². The van der Waals surface area contributed by atoms with E-state index in [-0.39, 0.29) is 11.9 Å². The van der Waals surface area contributed by atoms with Gasteiger partial charge in [-0.05, 0) is 56.1 Å². The molecule has 0 bridgehead atoms. The number of nitrogens with one attached hydrogen (secondary N) is 3. The van der Waals surface area contributed by atoms with Gasteiger partial charge in [0.05, 0.1) is 0 Å². The number of piperidine rings is 1. The van der Waals surface area contributed by atoms with Crippen molar-refractivity contribution in [2.24, 2.45) is 0 Å². The Morgan fingerprint density at radius 3 is 3.07 bits per heavy atom. The summed E-state index contributed by atoms with van der Waals surface area (Å²) in [6.07, 6.45) is 5.50. The Balaban J connectivity index is 1.43. The molecule has 0 saturated carbocycles. The highest BCUT2D eigenvalue weighted by atomic mass is 35.5. The molecule has 1 aromatic carbocycles. The van der Waals surface area contributed by atoms with Crippen molar-refractivity contribution in [3.05, 3.63) is 47.2 Å². The number of hydrogen-bond donors (Lipinski definition) is 3. The largest absolute Gasteiger partial charge is 0.479 e. The topological polar surface area (TPSA) is 79.0 Å². The number of aromatic nitrogens is 2. The van der Waals surface area contributed by atoms with Crippen molar-refractivity contribution >= 4 is 28.5 Å². The summed E-state index contributed by atoms with van der Waals surface area (Å²) in [6.45, 7) is 3.07. The van der Waals surface area contributed by atoms with Crippen molar-refractivity contribution in [2.75, 3.05) is 6.54 Å². The van der Waals surface area contributed by atoms with Crippen LogP contribution in [-0.4, -0.2) is 40.6 Å². The van der Waals surface area contributed by atoms with E-state index in [1.165, 1.54) is 0 Å². The van der Waals surface area contributed by atoms with Crippen LogP contribution in [0.15, 0.2) is 36.7 Å². The second kappa shape index (κ2) is 7.35. The molecule has 29 heavy (non-hydrogen) atoms. The fourth-order valence-corrected chi connectivity index (χ4v) is 4.66. The predicted octanol–water partition coefficient (Wildman–Crippen LogP) is 3.44. The molecular formula is C22H23ClN4O2. The Bertz CT molecular complexity index is 1080. The standard InChI is InChI=1S/C22H23ClN4O2/c1-12-8-15(2-5-24-12)27-22(28)19-10-13-9-14(23)11-18(20(13)29-19)16-3-6-25-21-17(16)4-7-26-21/h3-4,6-7,9,11-12,15,19,24H,2,5,8,10H2,1H3,(H,25,26)(H,27,28)/t12-,15+,19?/m0/s1. The third-order valence-electron chi connectivity index (χ3n) is 5.81. The van der Waals surface area contributed by atoms with E-state index in [1.807, 2.05) is 30.5 Å². The zero-order valence-corrected chi connectivity index (χ0v) is 16.9. The fraction of sp³-hybridized carbons (Fsp3) is 0.364. The number of pyridine rings is 1. The minimum absolute atomic E-state index is 0.0520. The van der Waals surface area contributed by atoms with Crippen LogP contribution in [0.4, 0.5) is 0 Å². The maximum absolute atomic E-state index is 12.9. The molecule has 3 aromatic rings. The molecule has 2 aliphatic heterocycles. The van der Waals surface area contributed by atoms with E-state index in [2.05, 4.69) is 27.5 Å². The van der Waals surface area contributed by atoms with Crippen LogP contribution in [0.1, 0.15) is 25.3 Å². The van der Waals surface area contributed by atoms with Gasteiger partial charge in [-0.25, -0.2) is 4.98 Å². The third kappa shape index (κ3) is 3.47. The average Bonchev–Trinajstić information content (AvgIpc) is 3.34. The molecule has 0 aliphatic carbocycles. The van der Waals surface area contributed by atoms with Gasteiger partial charge in [-0.3, -0.25) is 4.79 Å². The summed E-state index contributed by atoms with van der Waals surface area (Å²) in [7, 11) is 0. The molecule has 1 unspecified atom stereocenters. The first-order valence-corrected chi connectivity index (χ1v) is 10.4. The highest BCUT2D eigenvalue weighted by Gasteiger charge is 2.33. The van der Waals surface area contributed by atoms with E-state index in [4.69, 9.17) is 16.3 Å². The van der Waals surface area contributed by atoms with Crippen molar-refractivity contribution in [3.63, 3.8) is 0 Å². The molecule has 3 N–H and O–H groups in total.